The van der Waals surface area contributed by atoms with E-state index in [0.29, 0.717) is 13.2 Å². The summed E-state index contributed by atoms with van der Waals surface area (Å²) >= 11 is 5.28. The number of aliphatic hydroxyl groups is 1. The molecule has 0 aliphatic heterocycles. The summed E-state index contributed by atoms with van der Waals surface area (Å²) < 4.78 is 4.71. The van der Waals surface area contributed by atoms with Gasteiger partial charge in [0.25, 0.3) is 0 Å². The van der Waals surface area contributed by atoms with E-state index in [-0.39, 0.29) is 18.1 Å². The molecule has 0 saturated heterocycles. The molecule has 1 unspecified atom stereocenters. The number of halogens is 1. The third-order valence-electron chi connectivity index (χ3n) is 1.99. The summed E-state index contributed by atoms with van der Waals surface area (Å²) in [5.74, 6) is 0. The second-order valence-corrected chi connectivity index (χ2v) is 4.05. The molecule has 106 valence electrons. The lowest BCUT2D eigenvalue weighted by molar-refractivity contribution is 0.151. The molecule has 1 aromatic carbocycles. The highest BCUT2D eigenvalue weighted by atomic mass is 35.5. The number of carbonyl (C=O) groups excluding carboxylic acids is 1. The van der Waals surface area contributed by atoms with Crippen molar-refractivity contribution in [1.29, 1.82) is 0 Å². The Balaban J connectivity index is 0.000000459. The number of rotatable bonds is 5. The van der Waals surface area contributed by atoms with Crippen molar-refractivity contribution in [2.24, 2.45) is 0 Å². The molecular formula is C14H20ClNO3. The van der Waals surface area contributed by atoms with Gasteiger partial charge < -0.3 is 15.2 Å². The fraction of sp³-hybridized carbons (Fsp3) is 0.357. The van der Waals surface area contributed by atoms with Gasteiger partial charge in [0.05, 0.1) is 18.6 Å². The Morgan fingerprint density at radius 2 is 2.16 bits per heavy atom. The fourth-order valence-corrected chi connectivity index (χ4v) is 1.03. The highest BCUT2D eigenvalue weighted by Gasteiger charge is 1.98. The summed E-state index contributed by atoms with van der Waals surface area (Å²) in [7, 11) is 0. The maximum Gasteiger partial charge on any atom is 0.407 e. The molecule has 0 aliphatic carbocycles. The number of ether oxygens (including phenoxy) is 1. The molecule has 0 bridgehead atoms. The predicted molar refractivity (Wildman–Crippen MR) is 77.2 cm³/mol. The molecule has 1 atom stereocenters. The number of aliphatic hydroxyl groups excluding tert-OH is 1. The summed E-state index contributed by atoms with van der Waals surface area (Å²) in [5, 5.41) is 10.5. The lowest BCUT2D eigenvalue weighted by Gasteiger charge is -2.04. The van der Waals surface area contributed by atoms with Gasteiger partial charge in [-0.05, 0) is 12.5 Å². The summed E-state index contributed by atoms with van der Waals surface area (Å²) in [6.07, 6.45) is 1.12. The highest BCUT2D eigenvalue weighted by molar-refractivity contribution is 6.21. The normalized spacial score (nSPS) is 10.7. The van der Waals surface area contributed by atoms with Crippen LogP contribution in [0.2, 0.25) is 0 Å². The number of alkyl halides is 1. The van der Waals surface area contributed by atoms with Gasteiger partial charge in [0.15, 0.2) is 0 Å². The third-order valence-corrected chi connectivity index (χ3v) is 2.30. The Bertz CT molecular complexity index is 357. The SMILES string of the molecule is C=CC(Cl)CO.CCOC(=O)NCc1ccccc1. The average Bonchev–Trinajstić information content (AvgIpc) is 2.46. The zero-order valence-electron chi connectivity index (χ0n) is 11.0. The second kappa shape index (κ2) is 11.6. The van der Waals surface area contributed by atoms with Crippen molar-refractivity contribution in [3.8, 4) is 0 Å². The minimum atomic E-state index is -0.369. The van der Waals surface area contributed by atoms with Crippen molar-refractivity contribution in [2.75, 3.05) is 13.2 Å². The van der Waals surface area contributed by atoms with Crippen LogP contribution in [0.5, 0.6) is 0 Å². The number of hydrogen-bond acceptors (Lipinski definition) is 3. The summed E-state index contributed by atoms with van der Waals surface area (Å²) in [6.45, 7) is 6.01. The van der Waals surface area contributed by atoms with E-state index in [1.54, 1.807) is 6.92 Å². The summed E-state index contributed by atoms with van der Waals surface area (Å²) in [5.41, 5.74) is 1.07. The van der Waals surface area contributed by atoms with Crippen LogP contribution in [0, 0.1) is 0 Å². The van der Waals surface area contributed by atoms with E-state index >= 15 is 0 Å². The highest BCUT2D eigenvalue weighted by Crippen LogP contribution is 1.97. The molecular weight excluding hydrogens is 266 g/mol. The van der Waals surface area contributed by atoms with Crippen molar-refractivity contribution in [1.82, 2.24) is 5.32 Å². The van der Waals surface area contributed by atoms with Crippen molar-refractivity contribution < 1.29 is 14.6 Å². The summed E-state index contributed by atoms with van der Waals surface area (Å²) in [6, 6.07) is 9.71. The van der Waals surface area contributed by atoms with Crippen LogP contribution in [-0.2, 0) is 11.3 Å². The molecule has 1 aromatic rings. The number of hydrogen-bond donors (Lipinski definition) is 2. The van der Waals surface area contributed by atoms with Crippen LogP contribution in [0.3, 0.4) is 0 Å². The maximum atomic E-state index is 10.9. The lowest BCUT2D eigenvalue weighted by Crippen LogP contribution is -2.23. The Kier molecular flexibility index (Phi) is 10.6. The molecule has 0 saturated carbocycles. The zero-order chi connectivity index (χ0) is 14.5. The van der Waals surface area contributed by atoms with Crippen LogP contribution in [0.25, 0.3) is 0 Å². The monoisotopic (exact) mass is 285 g/mol. The molecule has 0 radical (unpaired) electrons. The molecule has 0 heterocycles. The van der Waals surface area contributed by atoms with Crippen LogP contribution in [0.15, 0.2) is 43.0 Å². The number of nitrogens with one attached hydrogen (secondary N) is 1. The van der Waals surface area contributed by atoms with Gasteiger partial charge in [-0.3, -0.25) is 0 Å². The number of carbonyl (C=O) groups is 1. The predicted octanol–water partition coefficient (Wildman–Crippen LogP) is 2.70. The van der Waals surface area contributed by atoms with Gasteiger partial charge in [0, 0.05) is 6.54 Å². The number of benzene rings is 1. The van der Waals surface area contributed by atoms with Crippen molar-refractivity contribution in [3.05, 3.63) is 48.6 Å². The molecule has 1 rings (SSSR count). The third kappa shape index (κ3) is 10.1. The average molecular weight is 286 g/mol. The molecule has 0 spiro atoms. The zero-order valence-corrected chi connectivity index (χ0v) is 11.8. The van der Waals surface area contributed by atoms with Gasteiger partial charge in [-0.15, -0.1) is 18.2 Å². The van der Waals surface area contributed by atoms with Crippen molar-refractivity contribution in [2.45, 2.75) is 18.8 Å². The summed E-state index contributed by atoms with van der Waals surface area (Å²) in [4.78, 5) is 10.9. The minimum Gasteiger partial charge on any atom is -0.450 e. The standard InChI is InChI=1S/C10H13NO2.C4H7ClO/c1-2-13-10(12)11-8-9-6-4-3-5-7-9;1-2-4(5)3-6/h3-7H,2,8H2,1H3,(H,11,12);2,4,6H,1,3H2. The first-order valence-corrected chi connectivity index (χ1v) is 6.39. The van der Waals surface area contributed by atoms with E-state index < -0.39 is 0 Å². The van der Waals surface area contributed by atoms with Gasteiger partial charge in [0.1, 0.15) is 0 Å². The first kappa shape index (κ1) is 17.5. The fourth-order valence-electron chi connectivity index (χ4n) is 1.03. The topological polar surface area (TPSA) is 58.6 Å². The van der Waals surface area contributed by atoms with E-state index in [1.165, 1.54) is 6.08 Å². The van der Waals surface area contributed by atoms with Gasteiger partial charge >= 0.3 is 6.09 Å². The van der Waals surface area contributed by atoms with E-state index in [9.17, 15) is 4.79 Å². The molecule has 1 amide bonds. The number of alkyl carbamates (subject to hydrolysis) is 1. The van der Waals surface area contributed by atoms with Crippen LogP contribution >= 0.6 is 11.6 Å². The Morgan fingerprint density at radius 1 is 1.53 bits per heavy atom. The molecule has 0 fully saturated rings. The van der Waals surface area contributed by atoms with Crippen LogP contribution in [0.4, 0.5) is 4.79 Å². The lowest BCUT2D eigenvalue weighted by atomic mass is 10.2. The van der Waals surface area contributed by atoms with E-state index in [1.807, 2.05) is 30.3 Å². The first-order valence-electron chi connectivity index (χ1n) is 5.96. The van der Waals surface area contributed by atoms with Crippen molar-refractivity contribution in [3.63, 3.8) is 0 Å². The van der Waals surface area contributed by atoms with Crippen LogP contribution in [-0.4, -0.2) is 29.8 Å². The smallest absolute Gasteiger partial charge is 0.407 e. The molecule has 4 nitrogen and oxygen atoms in total. The van der Waals surface area contributed by atoms with Gasteiger partial charge in [-0.1, -0.05) is 36.4 Å². The quantitative estimate of drug-likeness (QED) is 0.646. The Morgan fingerprint density at radius 3 is 2.58 bits per heavy atom. The molecule has 0 aliphatic rings. The molecule has 2 N–H and O–H groups in total. The largest absolute Gasteiger partial charge is 0.450 e. The maximum absolute atomic E-state index is 10.9. The molecule has 19 heavy (non-hydrogen) atoms. The van der Waals surface area contributed by atoms with Crippen LogP contribution < -0.4 is 5.32 Å². The van der Waals surface area contributed by atoms with Gasteiger partial charge in [-0.25, -0.2) is 4.79 Å². The number of amides is 1. The first-order chi connectivity index (χ1) is 9.13. The Hall–Kier alpha value is -1.52. The van der Waals surface area contributed by atoms with Crippen molar-refractivity contribution >= 4 is 17.7 Å². The van der Waals surface area contributed by atoms with E-state index in [2.05, 4.69) is 11.9 Å². The minimum absolute atomic E-state index is 0.0228. The Labute approximate surface area is 119 Å². The van der Waals surface area contributed by atoms with Crippen LogP contribution in [0.1, 0.15) is 12.5 Å². The second-order valence-electron chi connectivity index (χ2n) is 3.49. The van der Waals surface area contributed by atoms with E-state index in [0.717, 1.165) is 5.56 Å². The molecule has 0 aromatic heterocycles. The van der Waals surface area contributed by atoms with Gasteiger partial charge in [-0.2, -0.15) is 0 Å². The van der Waals surface area contributed by atoms with E-state index in [4.69, 9.17) is 21.4 Å². The van der Waals surface area contributed by atoms with Gasteiger partial charge in [0.2, 0.25) is 0 Å². The molecule has 5 heteroatoms.